The van der Waals surface area contributed by atoms with Crippen LogP contribution in [-0.2, 0) is 4.79 Å². The smallest absolute Gasteiger partial charge is 0.230 e. The van der Waals surface area contributed by atoms with Gasteiger partial charge in [0.1, 0.15) is 0 Å². The van der Waals surface area contributed by atoms with Gasteiger partial charge in [0.15, 0.2) is 0 Å². The Bertz CT molecular complexity index is 275. The Labute approximate surface area is 103 Å². The molecule has 1 amide bonds. The lowest BCUT2D eigenvalue weighted by atomic mass is 9.76. The number of rotatable bonds is 2. The van der Waals surface area contributed by atoms with E-state index in [1.165, 1.54) is 0 Å². The van der Waals surface area contributed by atoms with E-state index in [2.05, 4.69) is 12.2 Å². The SMILES string of the molecule is CCC1(C(=O)N2CCCC(O)C2)CCCNC1. The first-order chi connectivity index (χ1) is 8.18. The van der Waals surface area contributed by atoms with E-state index in [1.54, 1.807) is 0 Å². The van der Waals surface area contributed by atoms with Crippen LogP contribution in [0.15, 0.2) is 0 Å². The van der Waals surface area contributed by atoms with Crippen molar-refractivity contribution in [3.63, 3.8) is 0 Å². The molecule has 2 unspecified atom stereocenters. The molecule has 2 fully saturated rings. The summed E-state index contributed by atoms with van der Waals surface area (Å²) in [5.74, 6) is 0.256. The molecule has 98 valence electrons. The summed E-state index contributed by atoms with van der Waals surface area (Å²) in [5.41, 5.74) is -0.213. The van der Waals surface area contributed by atoms with Gasteiger partial charge in [0.25, 0.3) is 0 Å². The molecule has 2 heterocycles. The third-order valence-electron chi connectivity index (χ3n) is 4.29. The molecule has 0 aromatic carbocycles. The number of carbonyl (C=O) groups excluding carboxylic acids is 1. The van der Waals surface area contributed by atoms with Crippen molar-refractivity contribution in [1.82, 2.24) is 10.2 Å². The van der Waals surface area contributed by atoms with Gasteiger partial charge in [-0.15, -0.1) is 0 Å². The summed E-state index contributed by atoms with van der Waals surface area (Å²) in [6.07, 6.45) is 4.41. The molecule has 2 rings (SSSR count). The highest BCUT2D eigenvalue weighted by Gasteiger charge is 2.41. The minimum Gasteiger partial charge on any atom is -0.391 e. The molecule has 0 spiro atoms. The summed E-state index contributed by atoms with van der Waals surface area (Å²) >= 11 is 0. The highest BCUT2D eigenvalue weighted by molar-refractivity contribution is 5.83. The maximum Gasteiger partial charge on any atom is 0.230 e. The monoisotopic (exact) mass is 240 g/mol. The summed E-state index contributed by atoms with van der Waals surface area (Å²) in [6.45, 7) is 5.27. The fourth-order valence-electron chi connectivity index (χ4n) is 3.08. The van der Waals surface area contributed by atoms with E-state index in [0.29, 0.717) is 6.54 Å². The van der Waals surface area contributed by atoms with Crippen molar-refractivity contribution < 1.29 is 9.90 Å². The second-order valence-electron chi connectivity index (χ2n) is 5.46. The summed E-state index contributed by atoms with van der Waals surface area (Å²) in [6, 6.07) is 0. The van der Waals surface area contributed by atoms with E-state index in [4.69, 9.17) is 0 Å². The topological polar surface area (TPSA) is 52.6 Å². The summed E-state index contributed by atoms with van der Waals surface area (Å²) in [4.78, 5) is 14.5. The van der Waals surface area contributed by atoms with Crippen molar-refractivity contribution in [2.75, 3.05) is 26.2 Å². The number of nitrogens with one attached hydrogen (secondary N) is 1. The van der Waals surface area contributed by atoms with E-state index in [9.17, 15) is 9.90 Å². The Morgan fingerprint density at radius 2 is 2.35 bits per heavy atom. The van der Waals surface area contributed by atoms with Crippen LogP contribution in [0.4, 0.5) is 0 Å². The average molecular weight is 240 g/mol. The molecule has 0 aliphatic carbocycles. The van der Waals surface area contributed by atoms with Crippen molar-refractivity contribution in [2.45, 2.75) is 45.1 Å². The average Bonchev–Trinajstić information content (AvgIpc) is 2.38. The third kappa shape index (κ3) is 2.63. The molecule has 2 aliphatic heterocycles. The molecule has 2 aliphatic rings. The zero-order chi connectivity index (χ0) is 12.3. The highest BCUT2D eigenvalue weighted by atomic mass is 16.3. The molecular weight excluding hydrogens is 216 g/mol. The maximum absolute atomic E-state index is 12.6. The lowest BCUT2D eigenvalue weighted by Gasteiger charge is -2.41. The first-order valence-corrected chi connectivity index (χ1v) is 6.86. The zero-order valence-corrected chi connectivity index (χ0v) is 10.7. The number of aliphatic hydroxyl groups excluding tert-OH is 1. The van der Waals surface area contributed by atoms with Gasteiger partial charge in [0.2, 0.25) is 5.91 Å². The van der Waals surface area contributed by atoms with Gasteiger partial charge in [-0.2, -0.15) is 0 Å². The minimum absolute atomic E-state index is 0.213. The normalized spacial score (nSPS) is 34.7. The van der Waals surface area contributed by atoms with Gasteiger partial charge in [-0.25, -0.2) is 0 Å². The number of piperidine rings is 2. The third-order valence-corrected chi connectivity index (χ3v) is 4.29. The molecule has 0 aromatic rings. The molecular formula is C13H24N2O2. The highest BCUT2D eigenvalue weighted by Crippen LogP contribution is 2.33. The van der Waals surface area contributed by atoms with Crippen LogP contribution < -0.4 is 5.32 Å². The summed E-state index contributed by atoms with van der Waals surface area (Å²) in [7, 11) is 0. The Balaban J connectivity index is 2.05. The van der Waals surface area contributed by atoms with Crippen LogP contribution in [0.1, 0.15) is 39.0 Å². The fourth-order valence-corrected chi connectivity index (χ4v) is 3.08. The Morgan fingerprint density at radius 1 is 1.53 bits per heavy atom. The zero-order valence-electron chi connectivity index (χ0n) is 10.7. The number of nitrogens with zero attached hydrogens (tertiary/aromatic N) is 1. The van der Waals surface area contributed by atoms with E-state index >= 15 is 0 Å². The number of carbonyl (C=O) groups is 1. The van der Waals surface area contributed by atoms with Crippen LogP contribution in [0, 0.1) is 5.41 Å². The molecule has 2 atom stereocenters. The lowest BCUT2D eigenvalue weighted by Crippen LogP contribution is -2.54. The van der Waals surface area contributed by atoms with Crippen LogP contribution in [0.25, 0.3) is 0 Å². The van der Waals surface area contributed by atoms with Crippen molar-refractivity contribution in [1.29, 1.82) is 0 Å². The molecule has 0 saturated carbocycles. The first kappa shape index (κ1) is 12.8. The van der Waals surface area contributed by atoms with E-state index in [-0.39, 0.29) is 17.4 Å². The predicted molar refractivity (Wildman–Crippen MR) is 66.6 cm³/mol. The quantitative estimate of drug-likeness (QED) is 0.749. The van der Waals surface area contributed by atoms with Crippen LogP contribution in [0.3, 0.4) is 0 Å². The van der Waals surface area contributed by atoms with Gasteiger partial charge >= 0.3 is 0 Å². The van der Waals surface area contributed by atoms with E-state index in [1.807, 2.05) is 4.90 Å². The van der Waals surface area contributed by atoms with Gasteiger partial charge in [-0.1, -0.05) is 6.92 Å². The van der Waals surface area contributed by atoms with E-state index < -0.39 is 0 Å². The molecule has 4 heteroatoms. The molecule has 0 aromatic heterocycles. The molecule has 4 nitrogen and oxygen atoms in total. The standard InChI is InChI=1S/C13H24N2O2/c1-2-13(6-4-7-14-10-13)12(17)15-8-3-5-11(16)9-15/h11,14,16H,2-10H2,1H3. The number of amides is 1. The number of hydrogen-bond donors (Lipinski definition) is 2. The van der Waals surface area contributed by atoms with Crippen LogP contribution in [0.5, 0.6) is 0 Å². The maximum atomic E-state index is 12.6. The van der Waals surface area contributed by atoms with Gasteiger partial charge in [0, 0.05) is 19.6 Å². The van der Waals surface area contributed by atoms with Crippen molar-refractivity contribution in [3.8, 4) is 0 Å². The second-order valence-corrected chi connectivity index (χ2v) is 5.46. The number of aliphatic hydroxyl groups is 1. The molecule has 2 saturated heterocycles. The van der Waals surface area contributed by atoms with Gasteiger partial charge < -0.3 is 15.3 Å². The predicted octanol–water partition coefficient (Wildman–Crippen LogP) is 0.750. The van der Waals surface area contributed by atoms with Gasteiger partial charge in [-0.05, 0) is 38.6 Å². The van der Waals surface area contributed by atoms with Crippen molar-refractivity contribution >= 4 is 5.91 Å². The lowest BCUT2D eigenvalue weighted by molar-refractivity contribution is -0.146. The minimum atomic E-state index is -0.321. The summed E-state index contributed by atoms with van der Waals surface area (Å²) < 4.78 is 0. The number of hydrogen-bond acceptors (Lipinski definition) is 3. The van der Waals surface area contributed by atoms with Crippen LogP contribution in [-0.4, -0.2) is 48.2 Å². The van der Waals surface area contributed by atoms with E-state index in [0.717, 1.165) is 51.7 Å². The molecule has 0 radical (unpaired) electrons. The Hall–Kier alpha value is -0.610. The van der Waals surface area contributed by atoms with Crippen LogP contribution >= 0.6 is 0 Å². The van der Waals surface area contributed by atoms with Crippen molar-refractivity contribution in [2.24, 2.45) is 5.41 Å². The second kappa shape index (κ2) is 5.36. The first-order valence-electron chi connectivity index (χ1n) is 6.86. The molecule has 17 heavy (non-hydrogen) atoms. The number of β-amino-alcohol motifs (C(OH)–C–C–N with tert-alkyl or cyclic N) is 1. The fraction of sp³-hybridized carbons (Fsp3) is 0.923. The summed E-state index contributed by atoms with van der Waals surface area (Å²) in [5, 5.41) is 13.0. The molecule has 0 bridgehead atoms. The van der Waals surface area contributed by atoms with Crippen molar-refractivity contribution in [3.05, 3.63) is 0 Å². The largest absolute Gasteiger partial charge is 0.391 e. The van der Waals surface area contributed by atoms with Crippen LogP contribution in [0.2, 0.25) is 0 Å². The van der Waals surface area contributed by atoms with Gasteiger partial charge in [-0.3, -0.25) is 4.79 Å². The Morgan fingerprint density at radius 3 is 2.94 bits per heavy atom. The molecule has 2 N–H and O–H groups in total. The van der Waals surface area contributed by atoms with Gasteiger partial charge in [0.05, 0.1) is 11.5 Å². The number of likely N-dealkylation sites (tertiary alicyclic amines) is 1. The Kier molecular flexibility index (Phi) is 4.05.